The quantitative estimate of drug-likeness (QED) is 0.896. The highest BCUT2D eigenvalue weighted by molar-refractivity contribution is 5.85. The van der Waals surface area contributed by atoms with Gasteiger partial charge in [-0.25, -0.2) is 4.39 Å². The molecular formula is C13H21Cl2FN2. The van der Waals surface area contributed by atoms with Crippen LogP contribution in [0, 0.1) is 12.7 Å². The maximum absolute atomic E-state index is 13.1. The summed E-state index contributed by atoms with van der Waals surface area (Å²) in [6.07, 6.45) is 2.32. The fraction of sp³-hybridized carbons (Fsp3) is 0.538. The standard InChI is InChI=1S/C13H19FN2.2ClH/c1-10-2-3-12(14)8-11(10)9-16-13-4-6-15-7-5-13;;/h2-3,8,13,15-16H,4-7,9H2,1H3;2*1H. The van der Waals surface area contributed by atoms with Crippen LogP contribution in [0.3, 0.4) is 0 Å². The first-order valence-electron chi connectivity index (χ1n) is 5.95. The molecule has 1 fully saturated rings. The molecule has 1 aromatic rings. The van der Waals surface area contributed by atoms with Crippen LogP contribution in [0.4, 0.5) is 4.39 Å². The number of benzene rings is 1. The molecule has 0 radical (unpaired) electrons. The average molecular weight is 295 g/mol. The van der Waals surface area contributed by atoms with Crippen molar-refractivity contribution in [2.24, 2.45) is 0 Å². The molecule has 5 heteroatoms. The Morgan fingerprint density at radius 3 is 2.61 bits per heavy atom. The van der Waals surface area contributed by atoms with Crippen molar-refractivity contribution in [1.29, 1.82) is 0 Å². The predicted molar refractivity (Wildman–Crippen MR) is 78.4 cm³/mol. The highest BCUT2D eigenvalue weighted by Crippen LogP contribution is 2.11. The van der Waals surface area contributed by atoms with Crippen molar-refractivity contribution in [2.45, 2.75) is 32.4 Å². The van der Waals surface area contributed by atoms with Crippen LogP contribution in [0.15, 0.2) is 18.2 Å². The maximum Gasteiger partial charge on any atom is 0.123 e. The van der Waals surface area contributed by atoms with E-state index in [-0.39, 0.29) is 30.6 Å². The van der Waals surface area contributed by atoms with Crippen molar-refractivity contribution in [3.63, 3.8) is 0 Å². The molecule has 0 atom stereocenters. The van der Waals surface area contributed by atoms with E-state index in [2.05, 4.69) is 10.6 Å². The van der Waals surface area contributed by atoms with Gasteiger partial charge in [-0.15, -0.1) is 24.8 Å². The van der Waals surface area contributed by atoms with E-state index in [0.29, 0.717) is 6.04 Å². The summed E-state index contributed by atoms with van der Waals surface area (Å²) >= 11 is 0. The van der Waals surface area contributed by atoms with Crippen LogP contribution in [0.2, 0.25) is 0 Å². The Morgan fingerprint density at radius 1 is 1.28 bits per heavy atom. The van der Waals surface area contributed by atoms with Crippen molar-refractivity contribution in [3.8, 4) is 0 Å². The molecule has 0 aromatic heterocycles. The molecule has 0 spiro atoms. The Morgan fingerprint density at radius 2 is 1.94 bits per heavy atom. The fourth-order valence-corrected chi connectivity index (χ4v) is 2.11. The fourth-order valence-electron chi connectivity index (χ4n) is 2.11. The monoisotopic (exact) mass is 294 g/mol. The Hall–Kier alpha value is -0.350. The number of hydrogen-bond acceptors (Lipinski definition) is 2. The van der Waals surface area contributed by atoms with E-state index in [1.807, 2.05) is 13.0 Å². The van der Waals surface area contributed by atoms with Crippen molar-refractivity contribution in [2.75, 3.05) is 13.1 Å². The minimum absolute atomic E-state index is 0. The molecule has 0 saturated carbocycles. The summed E-state index contributed by atoms with van der Waals surface area (Å²) in [5.41, 5.74) is 2.22. The molecule has 2 N–H and O–H groups in total. The van der Waals surface area contributed by atoms with Crippen LogP contribution in [0.5, 0.6) is 0 Å². The molecule has 1 aliphatic rings. The van der Waals surface area contributed by atoms with Gasteiger partial charge in [0.05, 0.1) is 0 Å². The highest BCUT2D eigenvalue weighted by Gasteiger charge is 2.12. The molecule has 0 amide bonds. The van der Waals surface area contributed by atoms with Gasteiger partial charge in [0.15, 0.2) is 0 Å². The van der Waals surface area contributed by atoms with Crippen LogP contribution in [0.25, 0.3) is 0 Å². The average Bonchev–Trinajstić information content (AvgIpc) is 2.32. The molecule has 0 aliphatic carbocycles. The minimum Gasteiger partial charge on any atom is -0.317 e. The molecule has 0 unspecified atom stereocenters. The summed E-state index contributed by atoms with van der Waals surface area (Å²) in [6.45, 7) is 4.97. The maximum atomic E-state index is 13.1. The number of rotatable bonds is 3. The lowest BCUT2D eigenvalue weighted by atomic mass is 10.0. The summed E-state index contributed by atoms with van der Waals surface area (Å²) in [4.78, 5) is 0. The third-order valence-corrected chi connectivity index (χ3v) is 3.23. The first-order valence-corrected chi connectivity index (χ1v) is 5.95. The number of nitrogens with one attached hydrogen (secondary N) is 2. The minimum atomic E-state index is -0.146. The van der Waals surface area contributed by atoms with E-state index >= 15 is 0 Å². The normalized spacial score (nSPS) is 15.7. The lowest BCUT2D eigenvalue weighted by molar-refractivity contribution is 0.386. The summed E-state index contributed by atoms with van der Waals surface area (Å²) in [5.74, 6) is -0.146. The zero-order chi connectivity index (χ0) is 11.4. The summed E-state index contributed by atoms with van der Waals surface area (Å²) in [7, 11) is 0. The van der Waals surface area contributed by atoms with E-state index in [1.165, 1.54) is 6.07 Å². The number of aryl methyl sites for hydroxylation is 1. The SMILES string of the molecule is Cc1ccc(F)cc1CNC1CCNCC1.Cl.Cl. The van der Waals surface area contributed by atoms with Crippen molar-refractivity contribution < 1.29 is 4.39 Å². The summed E-state index contributed by atoms with van der Waals surface area (Å²) in [6, 6.07) is 5.56. The Bertz CT molecular complexity index is 355. The van der Waals surface area contributed by atoms with Crippen molar-refractivity contribution >= 4 is 24.8 Å². The zero-order valence-corrected chi connectivity index (χ0v) is 12.2. The van der Waals surface area contributed by atoms with Gasteiger partial charge in [0.1, 0.15) is 5.82 Å². The van der Waals surface area contributed by atoms with Crippen molar-refractivity contribution in [1.82, 2.24) is 10.6 Å². The van der Waals surface area contributed by atoms with Gasteiger partial charge < -0.3 is 10.6 Å². The van der Waals surface area contributed by atoms with Gasteiger partial charge in [-0.3, -0.25) is 0 Å². The molecule has 0 bridgehead atoms. The van der Waals surface area contributed by atoms with Crippen LogP contribution >= 0.6 is 24.8 Å². The van der Waals surface area contributed by atoms with Gasteiger partial charge in [-0.05, 0) is 56.1 Å². The third kappa shape index (κ3) is 5.11. The number of halogens is 3. The van der Waals surface area contributed by atoms with Gasteiger partial charge >= 0.3 is 0 Å². The second-order valence-electron chi connectivity index (χ2n) is 4.48. The Balaban J connectivity index is 0.00000144. The molecule has 1 saturated heterocycles. The van der Waals surface area contributed by atoms with Crippen LogP contribution in [-0.2, 0) is 6.54 Å². The van der Waals surface area contributed by atoms with E-state index in [9.17, 15) is 4.39 Å². The van der Waals surface area contributed by atoms with Gasteiger partial charge in [0.25, 0.3) is 0 Å². The van der Waals surface area contributed by atoms with Gasteiger partial charge in [-0.2, -0.15) is 0 Å². The molecule has 18 heavy (non-hydrogen) atoms. The van der Waals surface area contributed by atoms with E-state index < -0.39 is 0 Å². The largest absolute Gasteiger partial charge is 0.317 e. The lowest BCUT2D eigenvalue weighted by Gasteiger charge is -2.24. The Kier molecular flexibility index (Phi) is 8.53. The van der Waals surface area contributed by atoms with Gasteiger partial charge in [-0.1, -0.05) is 6.07 Å². The molecule has 2 rings (SSSR count). The molecule has 1 aliphatic heterocycles. The van der Waals surface area contributed by atoms with Crippen LogP contribution in [-0.4, -0.2) is 19.1 Å². The molecule has 2 nitrogen and oxygen atoms in total. The number of hydrogen-bond donors (Lipinski definition) is 2. The van der Waals surface area contributed by atoms with E-state index in [1.54, 1.807) is 6.07 Å². The topological polar surface area (TPSA) is 24.1 Å². The lowest BCUT2D eigenvalue weighted by Crippen LogP contribution is -2.39. The van der Waals surface area contributed by atoms with Crippen LogP contribution < -0.4 is 10.6 Å². The molecule has 1 aromatic carbocycles. The second kappa shape index (κ2) is 8.70. The van der Waals surface area contributed by atoms with Gasteiger partial charge in [0, 0.05) is 12.6 Å². The molecule has 104 valence electrons. The zero-order valence-electron chi connectivity index (χ0n) is 10.5. The van der Waals surface area contributed by atoms with E-state index in [4.69, 9.17) is 0 Å². The second-order valence-corrected chi connectivity index (χ2v) is 4.48. The van der Waals surface area contributed by atoms with Gasteiger partial charge in [0.2, 0.25) is 0 Å². The van der Waals surface area contributed by atoms with E-state index in [0.717, 1.165) is 43.6 Å². The Labute approximate surface area is 121 Å². The summed E-state index contributed by atoms with van der Waals surface area (Å²) in [5, 5.41) is 6.83. The smallest absolute Gasteiger partial charge is 0.123 e. The first kappa shape index (κ1) is 17.6. The van der Waals surface area contributed by atoms with Crippen molar-refractivity contribution in [3.05, 3.63) is 35.1 Å². The third-order valence-electron chi connectivity index (χ3n) is 3.23. The van der Waals surface area contributed by atoms with Crippen LogP contribution in [0.1, 0.15) is 24.0 Å². The first-order chi connectivity index (χ1) is 7.75. The summed E-state index contributed by atoms with van der Waals surface area (Å²) < 4.78 is 13.1. The molecular weight excluding hydrogens is 274 g/mol. The number of piperidine rings is 1. The highest BCUT2D eigenvalue weighted by atomic mass is 35.5. The predicted octanol–water partition coefficient (Wildman–Crippen LogP) is 2.82. The molecule has 1 heterocycles.